The molecule has 130 valence electrons. The Hall–Kier alpha value is -1.88. The normalized spacial score (nSPS) is 26.6. The van der Waals surface area contributed by atoms with E-state index in [-0.39, 0.29) is 12.1 Å². The van der Waals surface area contributed by atoms with Crippen molar-refractivity contribution in [2.24, 2.45) is 5.10 Å². The summed E-state index contributed by atoms with van der Waals surface area (Å²) in [5, 5.41) is 7.14. The number of rotatable bonds is 2. The Morgan fingerprint density at radius 3 is 2.50 bits per heavy atom. The highest BCUT2D eigenvalue weighted by Crippen LogP contribution is 2.31. The van der Waals surface area contributed by atoms with E-state index in [0.29, 0.717) is 6.10 Å². The molecule has 1 saturated heterocycles. The summed E-state index contributed by atoms with van der Waals surface area (Å²) < 4.78 is 5.79. The predicted molar refractivity (Wildman–Crippen MR) is 96.2 cm³/mol. The molecule has 2 atom stereocenters. The number of hydrogen-bond donors (Lipinski definition) is 2. The van der Waals surface area contributed by atoms with E-state index in [9.17, 15) is 4.79 Å². The topological polar surface area (TPSA) is 66.0 Å². The average Bonchev–Trinajstić information content (AvgIpc) is 3.34. The molecule has 5 nitrogen and oxygen atoms in total. The van der Waals surface area contributed by atoms with E-state index in [1.54, 1.807) is 0 Å². The van der Waals surface area contributed by atoms with Crippen molar-refractivity contribution < 1.29 is 9.53 Å². The van der Waals surface area contributed by atoms with E-state index in [2.05, 4.69) is 15.8 Å². The van der Waals surface area contributed by atoms with Crippen LogP contribution in [0.5, 0.6) is 0 Å². The second kappa shape index (κ2) is 8.83. The molecular formula is C19H27N3O2. The van der Waals surface area contributed by atoms with Crippen LogP contribution in [-0.2, 0) is 4.74 Å². The molecule has 0 aromatic heterocycles. The van der Waals surface area contributed by atoms with Gasteiger partial charge >= 0.3 is 6.03 Å². The number of urea groups is 1. The molecule has 1 aromatic carbocycles. The van der Waals surface area contributed by atoms with E-state index in [4.69, 9.17) is 4.74 Å². The van der Waals surface area contributed by atoms with E-state index in [0.717, 1.165) is 30.7 Å². The molecule has 2 unspecified atom stereocenters. The third-order valence-corrected chi connectivity index (χ3v) is 4.67. The lowest BCUT2D eigenvalue weighted by Gasteiger charge is -2.08. The molecule has 0 radical (unpaired) electrons. The van der Waals surface area contributed by atoms with Gasteiger partial charge in [0.25, 0.3) is 0 Å². The molecule has 24 heavy (non-hydrogen) atoms. The van der Waals surface area contributed by atoms with Crippen molar-refractivity contribution in [2.75, 3.05) is 5.32 Å². The van der Waals surface area contributed by atoms with E-state index < -0.39 is 0 Å². The maximum absolute atomic E-state index is 12.0. The van der Waals surface area contributed by atoms with E-state index >= 15 is 0 Å². The minimum atomic E-state index is -0.308. The number of epoxide rings is 1. The Balaban J connectivity index is 1.53. The molecule has 3 rings (SSSR count). The van der Waals surface area contributed by atoms with Crippen molar-refractivity contribution in [1.82, 2.24) is 5.43 Å². The van der Waals surface area contributed by atoms with Crippen LogP contribution in [0.3, 0.4) is 0 Å². The first-order valence-corrected chi connectivity index (χ1v) is 9.17. The fourth-order valence-corrected chi connectivity index (χ4v) is 3.26. The number of carbonyl (C=O) groups is 1. The summed E-state index contributed by atoms with van der Waals surface area (Å²) in [4.78, 5) is 12.0. The average molecular weight is 329 g/mol. The summed E-state index contributed by atoms with van der Waals surface area (Å²) in [5.41, 5.74) is 4.38. The smallest absolute Gasteiger partial charge is 0.339 e. The largest absolute Gasteiger partial charge is 0.363 e. The Bertz CT molecular complexity index is 559. The molecule has 1 aliphatic carbocycles. The Kier molecular flexibility index (Phi) is 6.24. The van der Waals surface area contributed by atoms with Gasteiger partial charge in [-0.1, -0.05) is 56.7 Å². The summed E-state index contributed by atoms with van der Waals surface area (Å²) in [6.45, 7) is 0. The van der Waals surface area contributed by atoms with Crippen molar-refractivity contribution in [1.29, 1.82) is 0 Å². The number of hydrogen-bond acceptors (Lipinski definition) is 3. The molecule has 5 heteroatoms. The van der Waals surface area contributed by atoms with Gasteiger partial charge in [0, 0.05) is 5.69 Å². The third kappa shape index (κ3) is 5.34. The number of carbonyl (C=O) groups excluding carboxylic acids is 1. The number of nitrogens with one attached hydrogen (secondary N) is 2. The van der Waals surface area contributed by atoms with Gasteiger partial charge in [-0.3, -0.25) is 0 Å². The van der Waals surface area contributed by atoms with Crippen molar-refractivity contribution in [2.45, 2.75) is 70.0 Å². The molecule has 2 fully saturated rings. The van der Waals surface area contributed by atoms with Crippen LogP contribution in [0.15, 0.2) is 35.4 Å². The molecule has 1 aromatic rings. The number of nitrogens with zero attached hydrogens (tertiary/aromatic N) is 1. The van der Waals surface area contributed by atoms with Crippen molar-refractivity contribution in [3.63, 3.8) is 0 Å². The highest BCUT2D eigenvalue weighted by atomic mass is 16.6. The highest BCUT2D eigenvalue weighted by molar-refractivity contribution is 5.94. The van der Waals surface area contributed by atoms with Crippen LogP contribution in [0.1, 0.15) is 57.8 Å². The molecule has 1 aliphatic heterocycles. The maximum Gasteiger partial charge on any atom is 0.339 e. The zero-order chi connectivity index (χ0) is 16.6. The molecular weight excluding hydrogens is 302 g/mol. The van der Waals surface area contributed by atoms with Crippen LogP contribution in [0.4, 0.5) is 10.5 Å². The molecule has 2 amide bonds. The number of amides is 2. The van der Waals surface area contributed by atoms with Crippen LogP contribution >= 0.6 is 0 Å². The fourth-order valence-electron chi connectivity index (χ4n) is 3.26. The first kappa shape index (κ1) is 17.0. The first-order valence-electron chi connectivity index (χ1n) is 9.17. The zero-order valence-electron chi connectivity index (χ0n) is 14.2. The summed E-state index contributed by atoms with van der Waals surface area (Å²) in [6.07, 6.45) is 11.3. The van der Waals surface area contributed by atoms with Crippen LogP contribution in [-0.4, -0.2) is 24.0 Å². The molecule has 1 heterocycles. The van der Waals surface area contributed by atoms with Crippen LogP contribution in [0.2, 0.25) is 0 Å². The van der Waals surface area contributed by atoms with Crippen LogP contribution in [0, 0.1) is 0 Å². The second-order valence-corrected chi connectivity index (χ2v) is 6.64. The van der Waals surface area contributed by atoms with Gasteiger partial charge in [0.2, 0.25) is 0 Å². The lowest BCUT2D eigenvalue weighted by atomic mass is 10.00. The second-order valence-electron chi connectivity index (χ2n) is 6.64. The SMILES string of the molecule is O=C(N/N=C1/CCCCCCCCCC2OC12)Nc1ccccc1. The minimum Gasteiger partial charge on any atom is -0.363 e. The number of anilines is 1. The summed E-state index contributed by atoms with van der Waals surface area (Å²) in [6, 6.07) is 9.08. The standard InChI is InChI=1S/C19H27N3O2/c23-19(20-15-11-7-6-8-12-15)22-21-16-13-9-4-2-1-3-5-10-14-17-18(16)24-17/h6-8,11-12,17-18H,1-5,9-10,13-14H2,(H2,20,22,23)/b21-16-. The first-order chi connectivity index (χ1) is 11.8. The quantitative estimate of drug-likeness (QED) is 0.621. The summed E-state index contributed by atoms with van der Waals surface area (Å²) >= 11 is 0. The molecule has 1 saturated carbocycles. The van der Waals surface area contributed by atoms with Crippen molar-refractivity contribution in [3.8, 4) is 0 Å². The summed E-state index contributed by atoms with van der Waals surface area (Å²) in [5.74, 6) is 0. The Morgan fingerprint density at radius 2 is 1.71 bits per heavy atom. The van der Waals surface area contributed by atoms with Gasteiger partial charge in [-0.2, -0.15) is 5.10 Å². The minimum absolute atomic E-state index is 0.112. The summed E-state index contributed by atoms with van der Waals surface area (Å²) in [7, 11) is 0. The highest BCUT2D eigenvalue weighted by Gasteiger charge is 2.42. The van der Waals surface area contributed by atoms with Gasteiger partial charge in [-0.15, -0.1) is 0 Å². The van der Waals surface area contributed by atoms with Gasteiger partial charge in [0.05, 0.1) is 11.8 Å². The Labute approximate surface area is 143 Å². The molecule has 2 N–H and O–H groups in total. The zero-order valence-corrected chi connectivity index (χ0v) is 14.2. The predicted octanol–water partition coefficient (Wildman–Crippen LogP) is 4.46. The monoisotopic (exact) mass is 329 g/mol. The maximum atomic E-state index is 12.0. The Morgan fingerprint density at radius 1 is 1.00 bits per heavy atom. The van der Waals surface area contributed by atoms with Crippen molar-refractivity contribution in [3.05, 3.63) is 30.3 Å². The number of ether oxygens (including phenoxy) is 1. The number of hydrazone groups is 1. The van der Waals surface area contributed by atoms with Gasteiger partial charge < -0.3 is 10.1 Å². The molecule has 0 bridgehead atoms. The lowest BCUT2D eigenvalue weighted by molar-refractivity contribution is 0.252. The van der Waals surface area contributed by atoms with Gasteiger partial charge in [0.1, 0.15) is 6.10 Å². The number of benzene rings is 1. The lowest BCUT2D eigenvalue weighted by Crippen LogP contribution is -2.27. The third-order valence-electron chi connectivity index (χ3n) is 4.67. The van der Waals surface area contributed by atoms with E-state index in [1.807, 2.05) is 30.3 Å². The van der Waals surface area contributed by atoms with Gasteiger partial charge in [-0.25, -0.2) is 10.2 Å². The number of para-hydroxylation sites is 1. The molecule has 0 spiro atoms. The number of fused-ring (bicyclic) bond motifs is 1. The van der Waals surface area contributed by atoms with Crippen LogP contribution < -0.4 is 10.7 Å². The van der Waals surface area contributed by atoms with Gasteiger partial charge in [-0.05, 0) is 31.4 Å². The van der Waals surface area contributed by atoms with Crippen molar-refractivity contribution >= 4 is 17.4 Å². The molecule has 2 aliphatic rings. The van der Waals surface area contributed by atoms with Gasteiger partial charge in [0.15, 0.2) is 0 Å². The fraction of sp³-hybridized carbons (Fsp3) is 0.579. The van der Waals surface area contributed by atoms with E-state index in [1.165, 1.54) is 38.5 Å². The van der Waals surface area contributed by atoms with Crippen LogP contribution in [0.25, 0.3) is 0 Å².